The highest BCUT2D eigenvalue weighted by atomic mass is 16.2. The van der Waals surface area contributed by atoms with Crippen LogP contribution >= 0.6 is 0 Å². The molecule has 0 aliphatic heterocycles. The third-order valence-corrected chi connectivity index (χ3v) is 2.21. The number of nitrogens with zero attached hydrogens (tertiary/aromatic N) is 5. The quantitative estimate of drug-likeness (QED) is 0.766. The van der Waals surface area contributed by atoms with Crippen molar-refractivity contribution in [3.8, 4) is 0 Å². The second-order valence-electron chi connectivity index (χ2n) is 4.20. The van der Waals surface area contributed by atoms with Crippen molar-refractivity contribution in [3.05, 3.63) is 18.6 Å². The van der Waals surface area contributed by atoms with E-state index in [4.69, 9.17) is 0 Å². The van der Waals surface area contributed by atoms with Gasteiger partial charge in [-0.2, -0.15) is 0 Å². The van der Waals surface area contributed by atoms with Crippen LogP contribution in [0.25, 0.3) is 0 Å². The Kier molecular flexibility index (Phi) is 4.84. The molecule has 1 aromatic rings. The summed E-state index contributed by atoms with van der Waals surface area (Å²) in [5.74, 6) is 0.577. The van der Waals surface area contributed by atoms with E-state index in [1.165, 1.54) is 4.90 Å². The SMILES string of the molecule is CN(C)CCN(C(=O)N(C)C)c1cnccn1. The number of rotatable bonds is 4. The van der Waals surface area contributed by atoms with Gasteiger partial charge in [0.05, 0.1) is 6.20 Å². The second-order valence-corrected chi connectivity index (χ2v) is 4.20. The third kappa shape index (κ3) is 3.99. The molecule has 94 valence electrons. The molecule has 0 spiro atoms. The maximum atomic E-state index is 12.0. The van der Waals surface area contributed by atoms with E-state index in [9.17, 15) is 4.79 Å². The van der Waals surface area contributed by atoms with Gasteiger partial charge in [0.25, 0.3) is 0 Å². The van der Waals surface area contributed by atoms with Crippen LogP contribution < -0.4 is 4.90 Å². The molecule has 17 heavy (non-hydrogen) atoms. The molecular weight excluding hydrogens is 218 g/mol. The first-order chi connectivity index (χ1) is 8.02. The molecule has 1 aromatic heterocycles. The molecule has 0 aromatic carbocycles. The molecule has 0 radical (unpaired) electrons. The molecule has 1 heterocycles. The zero-order valence-electron chi connectivity index (χ0n) is 10.8. The Morgan fingerprint density at radius 3 is 2.35 bits per heavy atom. The van der Waals surface area contributed by atoms with Crippen LogP contribution in [0, 0.1) is 0 Å². The van der Waals surface area contributed by atoms with Crippen molar-refractivity contribution in [2.24, 2.45) is 0 Å². The molecule has 0 N–H and O–H groups in total. The number of amides is 2. The number of hydrogen-bond donors (Lipinski definition) is 0. The molecule has 6 heteroatoms. The summed E-state index contributed by atoms with van der Waals surface area (Å²) in [7, 11) is 7.38. The molecule has 0 saturated carbocycles. The Morgan fingerprint density at radius 2 is 1.88 bits per heavy atom. The standard InChI is InChI=1S/C11H19N5O/c1-14(2)7-8-16(11(17)15(3)4)10-9-12-5-6-13-10/h5-6,9H,7-8H2,1-4H3. The van der Waals surface area contributed by atoms with Gasteiger partial charge < -0.3 is 9.80 Å². The predicted octanol–water partition coefficient (Wildman–Crippen LogP) is 0.526. The summed E-state index contributed by atoms with van der Waals surface area (Å²) < 4.78 is 0. The summed E-state index contributed by atoms with van der Waals surface area (Å²) in [5, 5.41) is 0. The second kappa shape index (κ2) is 6.15. The molecule has 6 nitrogen and oxygen atoms in total. The molecule has 0 aliphatic rings. The van der Waals surface area contributed by atoms with E-state index in [1.54, 1.807) is 37.6 Å². The molecule has 0 fully saturated rings. The van der Waals surface area contributed by atoms with Crippen LogP contribution in [0.1, 0.15) is 0 Å². The fraction of sp³-hybridized carbons (Fsp3) is 0.545. The minimum absolute atomic E-state index is 0.0904. The Morgan fingerprint density at radius 1 is 1.18 bits per heavy atom. The van der Waals surface area contributed by atoms with Crippen LogP contribution in [0.2, 0.25) is 0 Å². The fourth-order valence-corrected chi connectivity index (χ4v) is 1.28. The lowest BCUT2D eigenvalue weighted by atomic mass is 10.4. The van der Waals surface area contributed by atoms with E-state index >= 15 is 0 Å². The maximum absolute atomic E-state index is 12.0. The topological polar surface area (TPSA) is 52.6 Å². The fourth-order valence-electron chi connectivity index (χ4n) is 1.28. The number of anilines is 1. The average Bonchev–Trinajstić information content (AvgIpc) is 2.30. The lowest BCUT2D eigenvalue weighted by Crippen LogP contribution is -2.43. The Hall–Kier alpha value is -1.69. The first-order valence-corrected chi connectivity index (χ1v) is 5.42. The minimum Gasteiger partial charge on any atom is -0.330 e. The van der Waals surface area contributed by atoms with Gasteiger partial charge in [-0.25, -0.2) is 9.78 Å². The van der Waals surface area contributed by atoms with Gasteiger partial charge in [-0.1, -0.05) is 0 Å². The van der Waals surface area contributed by atoms with Crippen LogP contribution in [0.15, 0.2) is 18.6 Å². The highest BCUT2D eigenvalue weighted by Gasteiger charge is 2.18. The van der Waals surface area contributed by atoms with E-state index in [2.05, 4.69) is 9.97 Å². The van der Waals surface area contributed by atoms with Gasteiger partial charge >= 0.3 is 6.03 Å². The number of carbonyl (C=O) groups excluding carboxylic acids is 1. The third-order valence-electron chi connectivity index (χ3n) is 2.21. The summed E-state index contributed by atoms with van der Waals surface area (Å²) >= 11 is 0. The molecular formula is C11H19N5O. The largest absolute Gasteiger partial charge is 0.330 e. The van der Waals surface area contributed by atoms with Crippen LogP contribution in [-0.4, -0.2) is 67.1 Å². The molecule has 0 saturated heterocycles. The van der Waals surface area contributed by atoms with Crippen LogP contribution in [0.3, 0.4) is 0 Å². The monoisotopic (exact) mass is 237 g/mol. The predicted molar refractivity (Wildman–Crippen MR) is 67.0 cm³/mol. The number of likely N-dealkylation sites (N-methyl/N-ethyl adjacent to an activating group) is 1. The van der Waals surface area contributed by atoms with Crippen LogP contribution in [0.4, 0.5) is 10.6 Å². The van der Waals surface area contributed by atoms with Crippen LogP contribution in [0.5, 0.6) is 0 Å². The zero-order chi connectivity index (χ0) is 12.8. The van der Waals surface area contributed by atoms with Crippen molar-refractivity contribution in [2.45, 2.75) is 0 Å². The Labute approximate surface area is 102 Å². The highest BCUT2D eigenvalue weighted by Crippen LogP contribution is 2.09. The average molecular weight is 237 g/mol. The van der Waals surface area contributed by atoms with E-state index in [1.807, 2.05) is 19.0 Å². The van der Waals surface area contributed by atoms with Crippen molar-refractivity contribution in [3.63, 3.8) is 0 Å². The molecule has 1 rings (SSSR count). The summed E-state index contributed by atoms with van der Waals surface area (Å²) in [5.41, 5.74) is 0. The molecule has 0 atom stereocenters. The first kappa shape index (κ1) is 13.4. The first-order valence-electron chi connectivity index (χ1n) is 5.42. The number of carbonyl (C=O) groups is 1. The van der Waals surface area contributed by atoms with Gasteiger partial charge in [-0.3, -0.25) is 9.88 Å². The van der Waals surface area contributed by atoms with Crippen molar-refractivity contribution in [1.29, 1.82) is 0 Å². The number of urea groups is 1. The normalized spacial score (nSPS) is 10.4. The molecule has 0 unspecified atom stereocenters. The molecule has 2 amide bonds. The summed E-state index contributed by atoms with van der Waals surface area (Å²) in [4.78, 5) is 25.3. The lowest BCUT2D eigenvalue weighted by molar-refractivity contribution is 0.222. The van der Waals surface area contributed by atoms with E-state index in [-0.39, 0.29) is 6.03 Å². The molecule has 0 aliphatic carbocycles. The van der Waals surface area contributed by atoms with Crippen molar-refractivity contribution < 1.29 is 4.79 Å². The van der Waals surface area contributed by atoms with E-state index < -0.39 is 0 Å². The Bertz CT molecular complexity index is 352. The number of aromatic nitrogens is 2. The van der Waals surface area contributed by atoms with Gasteiger partial charge in [0.2, 0.25) is 0 Å². The Balaban J connectivity index is 2.83. The lowest BCUT2D eigenvalue weighted by Gasteiger charge is -2.26. The van der Waals surface area contributed by atoms with Crippen LogP contribution in [-0.2, 0) is 0 Å². The van der Waals surface area contributed by atoms with Gasteiger partial charge in [0.15, 0.2) is 5.82 Å². The highest BCUT2D eigenvalue weighted by molar-refractivity contribution is 5.90. The summed E-state index contributed by atoms with van der Waals surface area (Å²) in [6.45, 7) is 1.36. The minimum atomic E-state index is -0.0904. The number of hydrogen-bond acceptors (Lipinski definition) is 4. The van der Waals surface area contributed by atoms with E-state index in [0.717, 1.165) is 6.54 Å². The van der Waals surface area contributed by atoms with Crippen molar-refractivity contribution >= 4 is 11.8 Å². The summed E-state index contributed by atoms with van der Waals surface area (Å²) in [6, 6.07) is -0.0904. The summed E-state index contributed by atoms with van der Waals surface area (Å²) in [6.07, 6.45) is 4.77. The van der Waals surface area contributed by atoms with Gasteiger partial charge in [-0.05, 0) is 14.1 Å². The zero-order valence-corrected chi connectivity index (χ0v) is 10.8. The van der Waals surface area contributed by atoms with Crippen molar-refractivity contribution in [2.75, 3.05) is 46.2 Å². The molecule has 0 bridgehead atoms. The van der Waals surface area contributed by atoms with Gasteiger partial charge in [0, 0.05) is 39.6 Å². The smallest absolute Gasteiger partial charge is 0.325 e. The van der Waals surface area contributed by atoms with Gasteiger partial charge in [0.1, 0.15) is 0 Å². The maximum Gasteiger partial charge on any atom is 0.325 e. The van der Waals surface area contributed by atoms with Gasteiger partial charge in [-0.15, -0.1) is 0 Å². The van der Waals surface area contributed by atoms with Crippen molar-refractivity contribution in [1.82, 2.24) is 19.8 Å². The van der Waals surface area contributed by atoms with E-state index in [0.29, 0.717) is 12.4 Å².